The van der Waals surface area contributed by atoms with Crippen LogP contribution in [0.25, 0.3) is 0 Å². The van der Waals surface area contributed by atoms with Crippen molar-refractivity contribution in [3.63, 3.8) is 0 Å². The number of thioether (sulfide) groups is 1. The molecule has 2 aromatic carbocycles. The molecule has 0 spiro atoms. The van der Waals surface area contributed by atoms with E-state index in [4.69, 9.17) is 4.74 Å². The van der Waals surface area contributed by atoms with Gasteiger partial charge in [0.05, 0.1) is 36.4 Å². The van der Waals surface area contributed by atoms with Gasteiger partial charge in [0.25, 0.3) is 0 Å². The van der Waals surface area contributed by atoms with Crippen molar-refractivity contribution in [2.24, 2.45) is 4.99 Å². The zero-order chi connectivity index (χ0) is 19.9. The van der Waals surface area contributed by atoms with Gasteiger partial charge in [-0.2, -0.15) is 0 Å². The van der Waals surface area contributed by atoms with Gasteiger partial charge in [-0.3, -0.25) is 4.99 Å². The number of ether oxygens (including phenoxy) is 1. The molecule has 1 fully saturated rings. The normalized spacial score (nSPS) is 22.8. The van der Waals surface area contributed by atoms with Crippen molar-refractivity contribution < 1.29 is 17.5 Å². The summed E-state index contributed by atoms with van der Waals surface area (Å²) in [6, 6.07) is 11.9. The maximum absolute atomic E-state index is 14.2. The zero-order valence-electron chi connectivity index (χ0n) is 15.0. The summed E-state index contributed by atoms with van der Waals surface area (Å²) in [5.74, 6) is 0.855. The molecule has 0 bridgehead atoms. The minimum absolute atomic E-state index is 0.0417. The Morgan fingerprint density at radius 3 is 2.82 bits per heavy atom. The van der Waals surface area contributed by atoms with Crippen LogP contribution in [0, 0.1) is 5.82 Å². The lowest BCUT2D eigenvalue weighted by Crippen LogP contribution is -2.39. The number of rotatable bonds is 4. The Bertz CT molecular complexity index is 1050. The highest BCUT2D eigenvalue weighted by Crippen LogP contribution is 2.40. The summed E-state index contributed by atoms with van der Waals surface area (Å²) in [6.07, 6.45) is 0. The molecule has 0 aromatic heterocycles. The predicted molar refractivity (Wildman–Crippen MR) is 115 cm³/mol. The molecule has 2 atom stereocenters. The third-order valence-corrected chi connectivity index (χ3v) is 8.03. The fourth-order valence-electron chi connectivity index (χ4n) is 3.52. The Labute approximate surface area is 176 Å². The minimum atomic E-state index is -3.13. The Morgan fingerprint density at radius 2 is 2.07 bits per heavy atom. The molecule has 2 aliphatic rings. The fraction of sp³-hybridized carbons (Fsp3) is 0.316. The van der Waals surface area contributed by atoms with Gasteiger partial charge >= 0.3 is 0 Å². The molecule has 2 aromatic rings. The third kappa shape index (κ3) is 3.79. The van der Waals surface area contributed by atoms with E-state index in [0.29, 0.717) is 26.7 Å². The van der Waals surface area contributed by atoms with Crippen LogP contribution in [0.3, 0.4) is 0 Å². The highest BCUT2D eigenvalue weighted by Gasteiger charge is 2.47. The number of fused-ring (bicyclic) bond motifs is 1. The largest absolute Gasteiger partial charge is 0.495 e. The van der Waals surface area contributed by atoms with Gasteiger partial charge in [-0.05, 0) is 29.8 Å². The molecule has 0 N–H and O–H groups in total. The van der Waals surface area contributed by atoms with Crippen LogP contribution in [-0.2, 0) is 15.6 Å². The molecule has 5 nitrogen and oxygen atoms in total. The van der Waals surface area contributed by atoms with E-state index in [0.717, 1.165) is 5.69 Å². The average molecular weight is 485 g/mol. The quantitative estimate of drug-likeness (QED) is 0.658. The Kier molecular flexibility index (Phi) is 5.41. The van der Waals surface area contributed by atoms with Crippen LogP contribution < -0.4 is 9.64 Å². The molecule has 2 heterocycles. The topological polar surface area (TPSA) is 59.0 Å². The van der Waals surface area contributed by atoms with Gasteiger partial charge in [-0.25, -0.2) is 12.8 Å². The van der Waals surface area contributed by atoms with E-state index in [1.807, 2.05) is 29.2 Å². The molecule has 0 aliphatic carbocycles. The van der Waals surface area contributed by atoms with Gasteiger partial charge in [0.2, 0.25) is 0 Å². The summed E-state index contributed by atoms with van der Waals surface area (Å²) < 4.78 is 44.7. The number of halogens is 2. The molecule has 9 heteroatoms. The number of sulfone groups is 1. The molecule has 148 valence electrons. The summed E-state index contributed by atoms with van der Waals surface area (Å²) in [5, 5.41) is 0.691. The maximum atomic E-state index is 14.2. The van der Waals surface area contributed by atoms with Crippen LogP contribution in [0.15, 0.2) is 51.9 Å². The van der Waals surface area contributed by atoms with E-state index in [9.17, 15) is 12.8 Å². The highest BCUT2D eigenvalue weighted by molar-refractivity contribution is 9.10. The number of benzene rings is 2. The van der Waals surface area contributed by atoms with E-state index >= 15 is 0 Å². The van der Waals surface area contributed by atoms with Gasteiger partial charge in [0.1, 0.15) is 11.6 Å². The van der Waals surface area contributed by atoms with Gasteiger partial charge in [0.15, 0.2) is 15.0 Å². The van der Waals surface area contributed by atoms with Crippen LogP contribution >= 0.6 is 27.7 Å². The van der Waals surface area contributed by atoms with Crippen LogP contribution in [0.4, 0.5) is 10.1 Å². The highest BCUT2D eigenvalue weighted by atomic mass is 79.9. The van der Waals surface area contributed by atoms with Crippen molar-refractivity contribution in [2.75, 3.05) is 23.5 Å². The molecule has 28 heavy (non-hydrogen) atoms. The molecule has 0 amide bonds. The lowest BCUT2D eigenvalue weighted by Gasteiger charge is -2.27. The Hall–Kier alpha value is -1.58. The number of aliphatic imine (C=N–C) groups is 1. The van der Waals surface area contributed by atoms with Gasteiger partial charge < -0.3 is 9.64 Å². The van der Waals surface area contributed by atoms with E-state index < -0.39 is 9.84 Å². The molecule has 0 saturated carbocycles. The summed E-state index contributed by atoms with van der Waals surface area (Å²) >= 11 is 4.67. The number of methoxy groups -OCH3 is 1. The standard InChI is InChI=1S/C19H18BrFN2O3S2/c1-26-18-5-3-2-4-16(18)23-17-11-28(24,25)10-15(17)22-19(23)27-9-12-6-7-13(20)8-14(12)21/h2-8,15,17H,9-11H2,1H3/t15-,17+/m1/s1. The lowest BCUT2D eigenvalue weighted by atomic mass is 10.1. The van der Waals surface area contributed by atoms with E-state index in [2.05, 4.69) is 20.9 Å². The average Bonchev–Trinajstić information content (AvgIpc) is 3.12. The maximum Gasteiger partial charge on any atom is 0.164 e. The molecular formula is C19H18BrFN2O3S2. The van der Waals surface area contributed by atoms with Crippen LogP contribution in [-0.4, -0.2) is 44.3 Å². The van der Waals surface area contributed by atoms with Crippen molar-refractivity contribution in [1.29, 1.82) is 0 Å². The number of para-hydroxylation sites is 2. The van der Waals surface area contributed by atoms with Crippen LogP contribution in [0.5, 0.6) is 5.75 Å². The first-order valence-corrected chi connectivity index (χ1v) is 12.2. The summed E-state index contributed by atoms with van der Waals surface area (Å²) in [5.41, 5.74) is 1.35. The van der Waals surface area contributed by atoms with Gasteiger partial charge in [-0.15, -0.1) is 0 Å². The molecular weight excluding hydrogens is 467 g/mol. The monoisotopic (exact) mass is 484 g/mol. The zero-order valence-corrected chi connectivity index (χ0v) is 18.2. The summed E-state index contributed by atoms with van der Waals surface area (Å²) in [4.78, 5) is 6.62. The Morgan fingerprint density at radius 1 is 1.29 bits per heavy atom. The number of hydrogen-bond donors (Lipinski definition) is 0. The van der Waals surface area contributed by atoms with Crippen molar-refractivity contribution >= 4 is 48.4 Å². The predicted octanol–water partition coefficient (Wildman–Crippen LogP) is 3.87. The lowest BCUT2D eigenvalue weighted by molar-refractivity contribution is 0.415. The third-order valence-electron chi connectivity index (χ3n) is 4.82. The smallest absolute Gasteiger partial charge is 0.164 e. The molecule has 4 rings (SSSR count). The molecule has 0 radical (unpaired) electrons. The molecule has 2 aliphatic heterocycles. The van der Waals surface area contributed by atoms with Crippen molar-refractivity contribution in [3.05, 3.63) is 58.3 Å². The van der Waals surface area contributed by atoms with Crippen molar-refractivity contribution in [2.45, 2.75) is 17.8 Å². The number of amidine groups is 1. The second-order valence-corrected chi connectivity index (χ2v) is 10.7. The summed E-state index contributed by atoms with van der Waals surface area (Å²) in [7, 11) is -1.55. The van der Waals surface area contributed by atoms with E-state index in [1.54, 1.807) is 19.2 Å². The second-order valence-electron chi connectivity index (χ2n) is 6.69. The number of nitrogens with zero attached hydrogens (tertiary/aromatic N) is 2. The summed E-state index contributed by atoms with van der Waals surface area (Å²) in [6.45, 7) is 0. The van der Waals surface area contributed by atoms with Crippen molar-refractivity contribution in [1.82, 2.24) is 0 Å². The molecule has 0 unspecified atom stereocenters. The van der Waals surface area contributed by atoms with Crippen LogP contribution in [0.2, 0.25) is 0 Å². The Balaban J connectivity index is 1.66. The minimum Gasteiger partial charge on any atom is -0.495 e. The first-order valence-electron chi connectivity index (χ1n) is 8.65. The fourth-order valence-corrected chi connectivity index (χ4v) is 6.80. The van der Waals surface area contributed by atoms with Gasteiger partial charge in [-0.1, -0.05) is 45.9 Å². The first-order chi connectivity index (χ1) is 13.4. The van der Waals surface area contributed by atoms with E-state index in [-0.39, 0.29) is 29.4 Å². The van der Waals surface area contributed by atoms with Crippen LogP contribution in [0.1, 0.15) is 5.56 Å². The number of anilines is 1. The van der Waals surface area contributed by atoms with Gasteiger partial charge in [0, 0.05) is 10.2 Å². The molecule has 1 saturated heterocycles. The van der Waals surface area contributed by atoms with Crippen molar-refractivity contribution in [3.8, 4) is 5.75 Å². The second kappa shape index (κ2) is 7.68. The SMILES string of the molecule is COc1ccccc1N1C(SCc2ccc(Br)cc2F)=N[C@@H]2CS(=O)(=O)C[C@@H]21. The van der Waals surface area contributed by atoms with E-state index in [1.165, 1.54) is 17.8 Å². The first kappa shape index (κ1) is 19.7. The number of hydrogen-bond acceptors (Lipinski definition) is 6.